The number of hydrogen-bond acceptors (Lipinski definition) is 4. The normalized spacial score (nSPS) is 16.5. The molecule has 1 aliphatic heterocycles. The van der Waals surface area contributed by atoms with E-state index in [9.17, 15) is 35.6 Å². The van der Waals surface area contributed by atoms with Gasteiger partial charge in [-0.2, -0.15) is 17.5 Å². The first-order chi connectivity index (χ1) is 18.4. The number of benzene rings is 3. The molecular weight excluding hydrogens is 540 g/mol. The molecule has 13 heteroatoms. The molecular formula is C26H24F4N4O4S. The van der Waals surface area contributed by atoms with Crippen molar-refractivity contribution in [2.75, 3.05) is 25.0 Å². The lowest BCUT2D eigenvalue weighted by Gasteiger charge is -2.39. The third-order valence-corrected chi connectivity index (χ3v) is 8.04. The predicted octanol–water partition coefficient (Wildman–Crippen LogP) is 4.07. The Labute approximate surface area is 222 Å². The molecule has 0 radical (unpaired) electrons. The van der Waals surface area contributed by atoms with E-state index in [1.807, 2.05) is 0 Å². The number of rotatable bonds is 6. The summed E-state index contributed by atoms with van der Waals surface area (Å²) in [5.74, 6) is -1.18. The fraction of sp³-hybridized carbons (Fsp3) is 0.231. The van der Waals surface area contributed by atoms with Gasteiger partial charge in [0.1, 0.15) is 11.9 Å². The number of nitrogens with zero attached hydrogens (tertiary/aromatic N) is 2. The Bertz CT molecular complexity index is 1420. The van der Waals surface area contributed by atoms with Crippen LogP contribution < -0.4 is 10.6 Å². The van der Waals surface area contributed by atoms with Gasteiger partial charge in [-0.05, 0) is 54.1 Å². The Kier molecular flexibility index (Phi) is 8.21. The van der Waals surface area contributed by atoms with Crippen LogP contribution in [0.4, 0.5) is 28.0 Å². The number of halogens is 4. The van der Waals surface area contributed by atoms with Gasteiger partial charge in [0.2, 0.25) is 15.9 Å². The fourth-order valence-electron chi connectivity index (χ4n) is 4.04. The van der Waals surface area contributed by atoms with Gasteiger partial charge >= 0.3 is 12.2 Å². The van der Waals surface area contributed by atoms with E-state index in [1.54, 1.807) is 30.3 Å². The third kappa shape index (κ3) is 6.73. The van der Waals surface area contributed by atoms with Crippen molar-refractivity contribution in [1.82, 2.24) is 14.5 Å². The van der Waals surface area contributed by atoms with Crippen molar-refractivity contribution in [1.29, 1.82) is 0 Å². The maximum atomic E-state index is 13.4. The first kappa shape index (κ1) is 28.0. The molecule has 2 N–H and O–H groups in total. The smallest absolute Gasteiger partial charge is 0.351 e. The molecule has 1 fully saturated rings. The molecule has 39 heavy (non-hydrogen) atoms. The van der Waals surface area contributed by atoms with Gasteiger partial charge in [-0.25, -0.2) is 17.6 Å². The SMILES string of the molecule is O=C(NCc1ccccc1)C1CN(C(=O)Nc2ccc(F)cc2)CCN1S(=O)(=O)c1ccc(C(F)(F)F)cc1. The minimum absolute atomic E-state index is 0.0894. The number of alkyl halides is 3. The topological polar surface area (TPSA) is 98.8 Å². The summed E-state index contributed by atoms with van der Waals surface area (Å²) in [4.78, 5) is 26.9. The van der Waals surface area contributed by atoms with Crippen LogP contribution in [0, 0.1) is 5.82 Å². The lowest BCUT2D eigenvalue weighted by molar-refractivity contribution is -0.137. The molecule has 3 amide bonds. The van der Waals surface area contributed by atoms with Gasteiger partial charge in [-0.1, -0.05) is 30.3 Å². The van der Waals surface area contributed by atoms with Crippen LogP contribution in [0.5, 0.6) is 0 Å². The van der Waals surface area contributed by atoms with E-state index in [2.05, 4.69) is 10.6 Å². The van der Waals surface area contributed by atoms with E-state index in [4.69, 9.17) is 0 Å². The zero-order valence-corrected chi connectivity index (χ0v) is 21.2. The van der Waals surface area contributed by atoms with E-state index in [-0.39, 0.29) is 26.2 Å². The van der Waals surface area contributed by atoms with Crippen LogP contribution in [-0.2, 0) is 27.5 Å². The van der Waals surface area contributed by atoms with Crippen molar-refractivity contribution < 1.29 is 35.6 Å². The summed E-state index contributed by atoms with van der Waals surface area (Å²) in [6.07, 6.45) is -4.65. The number of nitrogens with one attached hydrogen (secondary N) is 2. The molecule has 4 rings (SSSR count). The number of anilines is 1. The van der Waals surface area contributed by atoms with Crippen LogP contribution in [0.2, 0.25) is 0 Å². The van der Waals surface area contributed by atoms with Crippen molar-refractivity contribution in [2.24, 2.45) is 0 Å². The van der Waals surface area contributed by atoms with Gasteiger partial charge in [0, 0.05) is 31.9 Å². The largest absolute Gasteiger partial charge is 0.416 e. The molecule has 1 saturated heterocycles. The maximum absolute atomic E-state index is 13.4. The standard InChI is InChI=1S/C26H24F4N4O4S/c27-20-8-10-21(11-9-20)32-25(36)33-14-15-34(23(17-33)24(35)31-16-18-4-2-1-3-5-18)39(37,38)22-12-6-19(7-13-22)26(28,29)30/h1-13,23H,14-17H2,(H,31,35)(H,32,36). The highest BCUT2D eigenvalue weighted by molar-refractivity contribution is 7.89. The molecule has 0 aromatic heterocycles. The molecule has 3 aromatic rings. The highest BCUT2D eigenvalue weighted by Crippen LogP contribution is 2.31. The van der Waals surface area contributed by atoms with E-state index in [0.717, 1.165) is 34.1 Å². The molecule has 1 aliphatic rings. The van der Waals surface area contributed by atoms with Crippen molar-refractivity contribution in [3.05, 3.63) is 95.8 Å². The number of hydrogen-bond donors (Lipinski definition) is 2. The van der Waals surface area contributed by atoms with Crippen LogP contribution in [0.25, 0.3) is 0 Å². The van der Waals surface area contributed by atoms with Gasteiger partial charge < -0.3 is 15.5 Å². The number of piperazine rings is 1. The summed E-state index contributed by atoms with van der Waals surface area (Å²) < 4.78 is 79.9. The molecule has 0 aliphatic carbocycles. The Hall–Kier alpha value is -3.97. The van der Waals surface area contributed by atoms with E-state index in [1.165, 1.54) is 17.0 Å². The zero-order valence-electron chi connectivity index (χ0n) is 20.4. The Balaban J connectivity index is 1.57. The first-order valence-electron chi connectivity index (χ1n) is 11.8. The highest BCUT2D eigenvalue weighted by atomic mass is 32.2. The molecule has 1 heterocycles. The van der Waals surface area contributed by atoms with Crippen LogP contribution in [0.15, 0.2) is 83.8 Å². The summed E-state index contributed by atoms with van der Waals surface area (Å²) in [5.41, 5.74) is 0.0388. The molecule has 3 aromatic carbocycles. The Morgan fingerprint density at radius 1 is 0.897 bits per heavy atom. The fourth-order valence-corrected chi connectivity index (χ4v) is 5.61. The van der Waals surface area contributed by atoms with Gasteiger partial charge in [0.25, 0.3) is 0 Å². The molecule has 0 spiro atoms. The van der Waals surface area contributed by atoms with Gasteiger partial charge in [0.05, 0.1) is 10.5 Å². The molecule has 1 unspecified atom stereocenters. The molecule has 0 saturated carbocycles. The first-order valence-corrected chi connectivity index (χ1v) is 13.2. The van der Waals surface area contributed by atoms with Crippen molar-refractivity contribution in [3.63, 3.8) is 0 Å². The second-order valence-corrected chi connectivity index (χ2v) is 10.6. The Morgan fingerprint density at radius 3 is 2.15 bits per heavy atom. The molecule has 0 bridgehead atoms. The molecule has 8 nitrogen and oxygen atoms in total. The average molecular weight is 565 g/mol. The number of carbonyl (C=O) groups is 2. The number of urea groups is 1. The molecule has 206 valence electrons. The lowest BCUT2D eigenvalue weighted by Crippen LogP contribution is -2.61. The van der Waals surface area contributed by atoms with Crippen LogP contribution in [0.3, 0.4) is 0 Å². The lowest BCUT2D eigenvalue weighted by atomic mass is 10.2. The van der Waals surface area contributed by atoms with Crippen molar-refractivity contribution >= 4 is 27.6 Å². The summed E-state index contributed by atoms with van der Waals surface area (Å²) in [7, 11) is -4.41. The Morgan fingerprint density at radius 2 is 1.54 bits per heavy atom. The summed E-state index contributed by atoms with van der Waals surface area (Å²) in [6.45, 7) is -0.626. The summed E-state index contributed by atoms with van der Waals surface area (Å²) in [6, 6.07) is 14.9. The quantitative estimate of drug-likeness (QED) is 0.441. The van der Waals surface area contributed by atoms with Crippen molar-refractivity contribution in [3.8, 4) is 0 Å². The number of amides is 3. The average Bonchev–Trinajstić information content (AvgIpc) is 2.92. The third-order valence-electron chi connectivity index (χ3n) is 6.11. The predicted molar refractivity (Wildman–Crippen MR) is 134 cm³/mol. The molecule has 1 atom stereocenters. The summed E-state index contributed by atoms with van der Waals surface area (Å²) in [5, 5.41) is 5.25. The van der Waals surface area contributed by atoms with Crippen LogP contribution in [-0.4, -0.2) is 55.2 Å². The minimum atomic E-state index is -4.65. The maximum Gasteiger partial charge on any atom is 0.416 e. The van der Waals surface area contributed by atoms with Gasteiger partial charge in [0.15, 0.2) is 0 Å². The summed E-state index contributed by atoms with van der Waals surface area (Å²) >= 11 is 0. The van der Waals surface area contributed by atoms with E-state index >= 15 is 0 Å². The van der Waals surface area contributed by atoms with Crippen LogP contribution >= 0.6 is 0 Å². The zero-order chi connectivity index (χ0) is 28.2. The number of sulfonamides is 1. The van der Waals surface area contributed by atoms with Gasteiger partial charge in [-0.3, -0.25) is 4.79 Å². The van der Waals surface area contributed by atoms with Crippen molar-refractivity contribution in [2.45, 2.75) is 23.7 Å². The number of carbonyl (C=O) groups excluding carboxylic acids is 2. The van der Waals surface area contributed by atoms with E-state index < -0.39 is 50.5 Å². The minimum Gasteiger partial charge on any atom is -0.351 e. The highest BCUT2D eigenvalue weighted by Gasteiger charge is 2.41. The second-order valence-electron chi connectivity index (χ2n) is 8.74. The second kappa shape index (κ2) is 11.4. The van der Waals surface area contributed by atoms with Gasteiger partial charge in [-0.15, -0.1) is 0 Å². The monoisotopic (exact) mass is 564 g/mol. The van der Waals surface area contributed by atoms with E-state index in [0.29, 0.717) is 17.8 Å². The van der Waals surface area contributed by atoms with Crippen LogP contribution in [0.1, 0.15) is 11.1 Å².